The van der Waals surface area contributed by atoms with Crippen molar-refractivity contribution in [2.45, 2.75) is 179 Å². The molecule has 0 spiro atoms. The van der Waals surface area contributed by atoms with Gasteiger partial charge < -0.3 is 40.2 Å². The number of ether oxygens (including phenoxy) is 4. The number of aromatic nitrogens is 11. The van der Waals surface area contributed by atoms with Gasteiger partial charge in [-0.3, -0.25) is 32.8 Å². The molecule has 5 aromatic heterocycles. The maximum Gasteiger partial charge on any atom is 0.351 e. The van der Waals surface area contributed by atoms with Gasteiger partial charge in [0.05, 0.1) is 60.4 Å². The molecule has 16 atom stereocenters. The molecule has 104 heavy (non-hydrogen) atoms. The smallest absolute Gasteiger partial charge is 0.351 e. The van der Waals surface area contributed by atoms with E-state index in [1.165, 1.54) is 83.9 Å². The molecule has 13 heterocycles. The summed E-state index contributed by atoms with van der Waals surface area (Å²) in [5.41, 5.74) is 1.93. The lowest BCUT2D eigenvalue weighted by Crippen LogP contribution is -2.50. The second-order valence-electron chi connectivity index (χ2n) is 27.9. The first-order valence-electron chi connectivity index (χ1n) is 33.5. The van der Waals surface area contributed by atoms with E-state index in [9.17, 15) is 72.7 Å². The zero-order chi connectivity index (χ0) is 76.4. The van der Waals surface area contributed by atoms with Gasteiger partial charge >= 0.3 is 22.8 Å². The molecule has 0 saturated carbocycles. The number of nitrogen functional groups attached to an aromatic ring is 1. The van der Waals surface area contributed by atoms with Crippen molar-refractivity contribution >= 4 is 57.6 Å². The van der Waals surface area contributed by atoms with E-state index in [1.807, 2.05) is 34.6 Å². The molecule has 14 rings (SSSR count). The number of carbonyl (C=O) groups is 1. The van der Waals surface area contributed by atoms with Crippen LogP contribution < -0.4 is 39.4 Å². The SMILES string of the molecule is CC[C@@]12CN(S(C)(=O)=O)[C@@H]([C@H](n3cc(C)c(-n4cncn4)nc3=O)O1)[C@@H]2C.CC[C@@]12CN(S(C)(=O)=O)[C@@H]([C@H](n3cc(C)c(=O)[nH]c3=O)O1)[C@@H]2C.CC[C@@]12CN(S(C)(=O)=O)[C@@H]([C@H](n3cc(C)c(N)nc3=O)O1)[C@@H]2O.CC[C@@]12CN(S(C)(=O)=O)[C@@H]([C@H](n3cc(C)c(NC(=O)c4ccccc4)nc3=O)O1)[C@@H]2O. The summed E-state index contributed by atoms with van der Waals surface area (Å²) in [6.07, 6.45) is 9.93. The summed E-state index contributed by atoms with van der Waals surface area (Å²) in [6.45, 7) is 18.9. The van der Waals surface area contributed by atoms with Crippen molar-refractivity contribution in [3.05, 3.63) is 148 Å². The van der Waals surface area contributed by atoms with Crippen LogP contribution in [0.2, 0.25) is 0 Å². The van der Waals surface area contributed by atoms with Crippen LogP contribution in [0.5, 0.6) is 0 Å². The van der Waals surface area contributed by atoms with Gasteiger partial charge in [-0.2, -0.15) is 37.3 Å². The predicted molar refractivity (Wildman–Crippen MR) is 374 cm³/mol. The number of amides is 1. The number of aromatic amines is 1. The van der Waals surface area contributed by atoms with Crippen molar-refractivity contribution in [2.24, 2.45) is 11.8 Å². The van der Waals surface area contributed by atoms with E-state index in [1.54, 1.807) is 71.1 Å². The molecule has 0 unspecified atom stereocenters. The number of nitrogens with zero attached hydrogens (tertiary/aromatic N) is 14. The van der Waals surface area contributed by atoms with E-state index in [-0.39, 0.29) is 36.6 Å². The fraction of sp³-hybridized carbons (Fsp3) is 0.603. The number of benzene rings is 1. The third-order valence-electron chi connectivity index (χ3n) is 21.7. The monoisotopic (exact) mass is 1530 g/mol. The first-order chi connectivity index (χ1) is 48.5. The van der Waals surface area contributed by atoms with Crippen LogP contribution in [-0.2, 0) is 59.0 Å². The Morgan fingerprint density at radius 3 is 1.36 bits per heavy atom. The minimum absolute atomic E-state index is 0.0248. The Bertz CT molecular complexity index is 5140. The lowest BCUT2D eigenvalue weighted by Gasteiger charge is -2.36. The first-order valence-corrected chi connectivity index (χ1v) is 40.9. The minimum atomic E-state index is -3.63. The normalized spacial score (nSPS) is 31.5. The number of anilines is 2. The quantitative estimate of drug-likeness (QED) is 0.0840. The van der Waals surface area contributed by atoms with Crippen LogP contribution >= 0.6 is 0 Å². The summed E-state index contributed by atoms with van der Waals surface area (Å²) in [7, 11) is -14.0. The summed E-state index contributed by atoms with van der Waals surface area (Å²) in [5, 5.41) is 28.0. The number of rotatable bonds is 15. The topological polar surface area (TPSA) is 472 Å². The second-order valence-corrected chi connectivity index (χ2v) is 35.6. The van der Waals surface area contributed by atoms with Gasteiger partial charge in [0.15, 0.2) is 30.7 Å². The van der Waals surface area contributed by atoms with Crippen molar-refractivity contribution in [3.8, 4) is 5.82 Å². The van der Waals surface area contributed by atoms with E-state index in [0.717, 1.165) is 12.5 Å². The Balaban J connectivity index is 0.000000140. The van der Waals surface area contributed by atoms with Gasteiger partial charge in [-0.05, 0) is 65.5 Å². The number of sulfonamides is 4. The van der Waals surface area contributed by atoms with E-state index in [0.29, 0.717) is 72.4 Å². The Morgan fingerprint density at radius 2 is 0.933 bits per heavy atom. The highest BCUT2D eigenvalue weighted by Gasteiger charge is 2.68. The van der Waals surface area contributed by atoms with E-state index >= 15 is 0 Å². The molecule has 8 aliphatic heterocycles. The molecule has 41 heteroatoms. The number of aliphatic hydroxyl groups excluding tert-OH is 2. The van der Waals surface area contributed by atoms with Gasteiger partial charge in [0.25, 0.3) is 11.5 Å². The summed E-state index contributed by atoms with van der Waals surface area (Å²) in [5.74, 6) is 0.100. The zero-order valence-electron chi connectivity index (χ0n) is 59.7. The fourth-order valence-electron chi connectivity index (χ4n) is 15.7. The molecule has 6 aromatic rings. The Morgan fingerprint density at radius 1 is 0.548 bits per heavy atom. The number of hydrogen-bond acceptors (Lipinski definition) is 26. The third-order valence-corrected chi connectivity index (χ3v) is 26.6. The number of hydrogen-bond donors (Lipinski definition) is 5. The summed E-state index contributed by atoms with van der Waals surface area (Å²) in [6, 6.07) is 5.79. The molecule has 1 amide bonds. The van der Waals surface area contributed by atoms with Gasteiger partial charge in [0, 0.05) is 90.6 Å². The molecule has 8 bridgehead atoms. The number of H-pyrrole nitrogens is 1. The molecule has 37 nitrogen and oxygen atoms in total. The molecule has 1 aromatic carbocycles. The van der Waals surface area contributed by atoms with Crippen LogP contribution in [0.1, 0.15) is 125 Å². The maximum atomic E-state index is 12.8. The van der Waals surface area contributed by atoms with E-state index < -0.39 is 158 Å². The molecule has 0 aliphatic carbocycles. The lowest BCUT2D eigenvalue weighted by molar-refractivity contribution is -0.126. The fourth-order valence-corrected chi connectivity index (χ4v) is 20.3. The predicted octanol–water partition coefficient (Wildman–Crippen LogP) is -0.805. The molecular weight excluding hydrogens is 1440 g/mol. The molecule has 6 N–H and O–H groups in total. The number of aliphatic hydroxyl groups is 2. The lowest BCUT2D eigenvalue weighted by atomic mass is 9.88. The Kier molecular flexibility index (Phi) is 20.6. The van der Waals surface area contributed by atoms with Crippen molar-refractivity contribution in [2.75, 3.05) is 62.3 Å². The third kappa shape index (κ3) is 13.4. The second kappa shape index (κ2) is 27.6. The molecule has 0 radical (unpaired) electrons. The molecule has 8 aliphatic rings. The first kappa shape index (κ1) is 77.4. The van der Waals surface area contributed by atoms with Crippen LogP contribution in [0.4, 0.5) is 11.6 Å². The number of fused-ring (bicyclic) bond motifs is 8. The van der Waals surface area contributed by atoms with E-state index in [4.69, 9.17) is 24.7 Å². The Hall–Kier alpha value is -7.65. The molecule has 8 saturated heterocycles. The zero-order valence-corrected chi connectivity index (χ0v) is 62.9. The van der Waals surface area contributed by atoms with Crippen molar-refractivity contribution in [1.29, 1.82) is 0 Å². The number of nitrogens with two attached hydrogens (primary N) is 1. The molecule has 8 fully saturated rings. The van der Waals surface area contributed by atoms with Crippen LogP contribution in [0.3, 0.4) is 0 Å². The van der Waals surface area contributed by atoms with Gasteiger partial charge in [-0.1, -0.05) is 59.7 Å². The van der Waals surface area contributed by atoms with Crippen molar-refractivity contribution in [1.82, 2.24) is 70.2 Å². The molecular formula is C63H87N17O20S4. The summed E-state index contributed by atoms with van der Waals surface area (Å²) >= 11 is 0. The number of morpholine rings is 4. The number of aryl methyl sites for hydroxylation is 4. The van der Waals surface area contributed by atoms with Crippen molar-refractivity contribution in [3.63, 3.8) is 0 Å². The van der Waals surface area contributed by atoms with Crippen LogP contribution in [0, 0.1) is 39.5 Å². The van der Waals surface area contributed by atoms with Gasteiger partial charge in [0.1, 0.15) is 47.7 Å². The average molecular weight is 1530 g/mol. The average Bonchev–Trinajstić information content (AvgIpc) is 1.57. The molecule has 568 valence electrons. The van der Waals surface area contributed by atoms with Crippen LogP contribution in [-0.4, -0.2) is 230 Å². The van der Waals surface area contributed by atoms with Crippen LogP contribution in [0.25, 0.3) is 5.82 Å². The van der Waals surface area contributed by atoms with E-state index in [2.05, 4.69) is 35.3 Å². The summed E-state index contributed by atoms with van der Waals surface area (Å²) in [4.78, 5) is 91.8. The summed E-state index contributed by atoms with van der Waals surface area (Å²) < 4.78 is 134. The largest absolute Gasteiger partial charge is 0.388 e. The minimum Gasteiger partial charge on any atom is -0.388 e. The maximum absolute atomic E-state index is 12.8. The van der Waals surface area contributed by atoms with Gasteiger partial charge in [0.2, 0.25) is 40.1 Å². The number of nitrogens with one attached hydrogen (secondary N) is 2. The Labute approximate surface area is 598 Å². The standard InChI is InChI=1S/C20H24N4O6S.C16H22N6O4S.C14H21N3O5S.C13H20N4O5S/c1-4-20-11-24(31(3,28)29)14(15(20)25)18(30-20)23-10-12(2)16(22-19(23)27)21-17(26)13-8-6-5-7-9-13;1-5-16-7-22(27(4,24)25)12(11(16)3)14(26-16)20-6-10(2)13(19-15(20)23)21-9-17-8-18-21;1-5-14-7-17(23(4,20)21)10(9(14)3)12(22-14)16-6-8(2)11(18)15-13(16)19;1-4-13-6-17(23(3,20)21)8(9(13)18)11(22-13)16-5-7(2)10(14)15-12(16)19/h5-10,14-15,18,25H,4,11H2,1-3H3,(H,21,22,26,27);6,8-9,11-12,14H,5,7H2,1-4H3;6,9-10,12H,5,7H2,1-4H3,(H,15,18,19);5,8-9,11,18H,4,6H2,1-3H3,(H2,14,15,19)/t14-,15+,18-,20+;11-,12+,14+,16-;9-,10+,12+,14-;8-,9+,11-,13+/m1001/s1. The number of carbonyl (C=O) groups excluding carboxylic acids is 1. The van der Waals surface area contributed by atoms with Gasteiger partial charge in [-0.25, -0.2) is 62.5 Å². The highest BCUT2D eigenvalue weighted by molar-refractivity contribution is 7.89. The highest BCUT2D eigenvalue weighted by atomic mass is 32.2. The van der Waals surface area contributed by atoms with Crippen LogP contribution in [0.15, 0.2) is 91.7 Å². The van der Waals surface area contributed by atoms with Gasteiger partial charge in [-0.15, -0.1) is 0 Å². The van der Waals surface area contributed by atoms with Crippen molar-refractivity contribution < 1.29 is 67.6 Å². The highest BCUT2D eigenvalue weighted by Crippen LogP contribution is 2.55.